The van der Waals surface area contributed by atoms with E-state index in [1.165, 1.54) is 18.6 Å². The molecule has 2 fully saturated rings. The van der Waals surface area contributed by atoms with Gasteiger partial charge in [0.2, 0.25) is 11.8 Å². The molecule has 1 aromatic heterocycles. The van der Waals surface area contributed by atoms with E-state index >= 15 is 0 Å². The molecule has 5 nitrogen and oxygen atoms in total. The lowest BCUT2D eigenvalue weighted by atomic mass is 10.1. The van der Waals surface area contributed by atoms with Gasteiger partial charge >= 0.3 is 0 Å². The average Bonchev–Trinajstić information content (AvgIpc) is 3.14. The number of hydrogen-bond acceptors (Lipinski definition) is 6. The number of carbonyl (C=O) groups excluding carboxylic acids is 1. The Labute approximate surface area is 158 Å². The third kappa shape index (κ3) is 6.06. The second-order valence-electron chi connectivity index (χ2n) is 6.81. The van der Waals surface area contributed by atoms with Gasteiger partial charge in [-0.2, -0.15) is 5.10 Å². The molecule has 1 aromatic rings. The van der Waals surface area contributed by atoms with Crippen molar-refractivity contribution in [3.63, 3.8) is 0 Å². The number of rotatable bonds is 7. The summed E-state index contributed by atoms with van der Waals surface area (Å²) >= 11 is 0. The second kappa shape index (κ2) is 9.67. The highest BCUT2D eigenvalue weighted by Crippen LogP contribution is 2.39. The fourth-order valence-electron chi connectivity index (χ4n) is 3.25. The molecule has 0 spiro atoms. The number of unbranched alkanes of at least 4 members (excludes halogenated alkanes) is 1. The Morgan fingerprint density at radius 3 is 3.00 bits per heavy atom. The maximum absolute atomic E-state index is 12.5. The summed E-state index contributed by atoms with van der Waals surface area (Å²) in [6, 6.07) is 3.75. The standard InChI is InChI=1S/C18H27N3O2S2/c1-14-8-9-17(20-19-14)23-15-5-4-11-21(13-15)18(22)7-3-2-6-16-10-12-24-25-16/h8-9,15-16H,2-7,10-13H2,1H3. The number of hydrogen-bond donors (Lipinski definition) is 0. The van der Waals surface area contributed by atoms with E-state index in [1.54, 1.807) is 0 Å². The van der Waals surface area contributed by atoms with E-state index in [9.17, 15) is 4.79 Å². The van der Waals surface area contributed by atoms with Crippen LogP contribution in [0, 0.1) is 6.92 Å². The molecule has 2 aliphatic rings. The molecule has 2 saturated heterocycles. The first kappa shape index (κ1) is 18.8. The number of aromatic nitrogens is 2. The first-order chi connectivity index (χ1) is 12.2. The van der Waals surface area contributed by atoms with Crippen LogP contribution in [-0.4, -0.2) is 51.2 Å². The summed E-state index contributed by atoms with van der Waals surface area (Å²) in [5.41, 5.74) is 0.877. The first-order valence-electron chi connectivity index (χ1n) is 9.24. The lowest BCUT2D eigenvalue weighted by molar-refractivity contribution is -0.134. The number of amides is 1. The fraction of sp³-hybridized carbons (Fsp3) is 0.722. The number of piperidine rings is 1. The molecular weight excluding hydrogens is 354 g/mol. The normalized spacial score (nSPS) is 23.6. The van der Waals surface area contributed by atoms with E-state index in [1.807, 2.05) is 45.5 Å². The molecule has 2 atom stereocenters. The van der Waals surface area contributed by atoms with Gasteiger partial charge < -0.3 is 9.64 Å². The van der Waals surface area contributed by atoms with Crippen molar-refractivity contribution in [3.8, 4) is 5.88 Å². The van der Waals surface area contributed by atoms with Crippen molar-refractivity contribution in [2.24, 2.45) is 0 Å². The third-order valence-electron chi connectivity index (χ3n) is 4.69. The highest BCUT2D eigenvalue weighted by atomic mass is 33.1. The van der Waals surface area contributed by atoms with Gasteiger partial charge in [-0.3, -0.25) is 4.79 Å². The fourth-order valence-corrected chi connectivity index (χ4v) is 6.28. The van der Waals surface area contributed by atoms with E-state index in [0.717, 1.165) is 43.2 Å². The van der Waals surface area contributed by atoms with Crippen molar-refractivity contribution >= 4 is 27.5 Å². The Hall–Kier alpha value is -0.950. The molecule has 3 rings (SSSR count). The summed E-state index contributed by atoms with van der Waals surface area (Å²) < 4.78 is 5.91. The lowest BCUT2D eigenvalue weighted by Gasteiger charge is -2.32. The summed E-state index contributed by atoms with van der Waals surface area (Å²) in [5, 5.41) is 8.89. The molecule has 138 valence electrons. The maximum Gasteiger partial charge on any atom is 0.233 e. The minimum absolute atomic E-state index is 0.0293. The van der Waals surface area contributed by atoms with Gasteiger partial charge in [0, 0.05) is 30.0 Å². The highest BCUT2D eigenvalue weighted by molar-refractivity contribution is 8.77. The van der Waals surface area contributed by atoms with Gasteiger partial charge in [-0.05, 0) is 45.1 Å². The van der Waals surface area contributed by atoms with Crippen LogP contribution in [-0.2, 0) is 4.79 Å². The van der Waals surface area contributed by atoms with E-state index in [0.29, 0.717) is 18.8 Å². The van der Waals surface area contributed by atoms with Crippen LogP contribution in [0.15, 0.2) is 12.1 Å². The second-order valence-corrected chi connectivity index (χ2v) is 9.60. The van der Waals surface area contributed by atoms with Crippen LogP contribution in [0.2, 0.25) is 0 Å². The lowest BCUT2D eigenvalue weighted by Crippen LogP contribution is -2.44. The van der Waals surface area contributed by atoms with Crippen molar-refractivity contribution in [2.45, 2.75) is 63.2 Å². The van der Waals surface area contributed by atoms with E-state index in [2.05, 4.69) is 10.2 Å². The number of likely N-dealkylation sites (tertiary alicyclic amines) is 1. The molecule has 1 amide bonds. The zero-order chi connectivity index (χ0) is 17.5. The summed E-state index contributed by atoms with van der Waals surface area (Å²) in [6.45, 7) is 3.43. The molecule has 0 saturated carbocycles. The van der Waals surface area contributed by atoms with E-state index in [-0.39, 0.29) is 12.0 Å². The average molecular weight is 382 g/mol. The minimum Gasteiger partial charge on any atom is -0.471 e. The first-order valence-corrected chi connectivity index (χ1v) is 11.6. The molecule has 0 radical (unpaired) electrons. The van der Waals surface area contributed by atoms with Gasteiger partial charge in [0.25, 0.3) is 0 Å². The molecule has 0 aliphatic carbocycles. The van der Waals surface area contributed by atoms with Gasteiger partial charge in [-0.25, -0.2) is 0 Å². The van der Waals surface area contributed by atoms with Crippen molar-refractivity contribution in [1.82, 2.24) is 15.1 Å². The molecule has 7 heteroatoms. The van der Waals surface area contributed by atoms with Gasteiger partial charge in [0.05, 0.1) is 12.2 Å². The van der Waals surface area contributed by atoms with Crippen LogP contribution in [0.3, 0.4) is 0 Å². The molecule has 3 heterocycles. The van der Waals surface area contributed by atoms with Crippen molar-refractivity contribution in [3.05, 3.63) is 17.8 Å². The SMILES string of the molecule is Cc1ccc(OC2CCCN(C(=O)CCCCC3CCSS3)C2)nn1. The zero-order valence-corrected chi connectivity index (χ0v) is 16.5. The molecule has 2 unspecified atom stereocenters. The number of ether oxygens (including phenoxy) is 1. The number of aryl methyl sites for hydroxylation is 1. The van der Waals surface area contributed by atoms with Gasteiger partial charge in [-0.1, -0.05) is 28.0 Å². The summed E-state index contributed by atoms with van der Waals surface area (Å²) in [5.74, 6) is 2.11. The molecule has 0 bridgehead atoms. The van der Waals surface area contributed by atoms with Crippen LogP contribution in [0.5, 0.6) is 5.88 Å². The van der Waals surface area contributed by atoms with Crippen LogP contribution in [0.25, 0.3) is 0 Å². The Morgan fingerprint density at radius 1 is 1.32 bits per heavy atom. The van der Waals surface area contributed by atoms with E-state index in [4.69, 9.17) is 4.74 Å². The summed E-state index contributed by atoms with van der Waals surface area (Å²) in [6.07, 6.45) is 7.41. The largest absolute Gasteiger partial charge is 0.471 e. The Bertz CT molecular complexity index is 550. The van der Waals surface area contributed by atoms with Crippen LogP contribution in [0.4, 0.5) is 0 Å². The van der Waals surface area contributed by atoms with Gasteiger partial charge in [0.1, 0.15) is 6.10 Å². The molecule has 0 aromatic carbocycles. The van der Waals surface area contributed by atoms with Crippen LogP contribution >= 0.6 is 21.6 Å². The Kier molecular flexibility index (Phi) is 7.28. The summed E-state index contributed by atoms with van der Waals surface area (Å²) in [4.78, 5) is 14.4. The zero-order valence-electron chi connectivity index (χ0n) is 14.9. The summed E-state index contributed by atoms with van der Waals surface area (Å²) in [7, 11) is 4.01. The maximum atomic E-state index is 12.5. The van der Waals surface area contributed by atoms with E-state index < -0.39 is 0 Å². The monoisotopic (exact) mass is 381 g/mol. The Balaban J connectivity index is 1.37. The molecule has 2 aliphatic heterocycles. The van der Waals surface area contributed by atoms with Crippen molar-refractivity contribution in [1.29, 1.82) is 0 Å². The highest BCUT2D eigenvalue weighted by Gasteiger charge is 2.25. The smallest absolute Gasteiger partial charge is 0.233 e. The van der Waals surface area contributed by atoms with Gasteiger partial charge in [0.15, 0.2) is 0 Å². The predicted octanol–water partition coefficient (Wildman–Crippen LogP) is 3.87. The molecule has 25 heavy (non-hydrogen) atoms. The quantitative estimate of drug-likeness (QED) is 0.528. The van der Waals surface area contributed by atoms with Crippen LogP contribution < -0.4 is 4.74 Å². The predicted molar refractivity (Wildman–Crippen MR) is 104 cm³/mol. The number of nitrogens with zero attached hydrogens (tertiary/aromatic N) is 3. The number of carbonyl (C=O) groups is 1. The van der Waals surface area contributed by atoms with Crippen molar-refractivity contribution in [2.75, 3.05) is 18.8 Å². The van der Waals surface area contributed by atoms with Crippen LogP contribution in [0.1, 0.15) is 50.6 Å². The van der Waals surface area contributed by atoms with Crippen molar-refractivity contribution < 1.29 is 9.53 Å². The minimum atomic E-state index is 0.0293. The Morgan fingerprint density at radius 2 is 2.24 bits per heavy atom. The topological polar surface area (TPSA) is 55.3 Å². The molecule has 0 N–H and O–H groups in total. The molecular formula is C18H27N3O2S2. The van der Waals surface area contributed by atoms with Gasteiger partial charge in [-0.15, -0.1) is 5.10 Å². The third-order valence-corrected chi connectivity index (χ3v) is 7.69.